The molecule has 0 spiro atoms. The molecule has 1 saturated carbocycles. The molecule has 1 saturated heterocycles. The minimum absolute atomic E-state index is 0.0123. The third-order valence-corrected chi connectivity index (χ3v) is 5.74. The van der Waals surface area contributed by atoms with Gasteiger partial charge in [0, 0.05) is 31.0 Å². The van der Waals surface area contributed by atoms with Gasteiger partial charge in [0.05, 0.1) is 6.61 Å². The summed E-state index contributed by atoms with van der Waals surface area (Å²) in [7, 11) is 0. The maximum atomic E-state index is 13.1. The van der Waals surface area contributed by atoms with Crippen LogP contribution >= 0.6 is 0 Å². The van der Waals surface area contributed by atoms with E-state index in [4.69, 9.17) is 0 Å². The molecule has 6 heteroatoms. The van der Waals surface area contributed by atoms with E-state index in [0.717, 1.165) is 12.0 Å². The lowest BCUT2D eigenvalue weighted by Crippen LogP contribution is -2.44. The van der Waals surface area contributed by atoms with Crippen LogP contribution in [0.15, 0.2) is 36.9 Å². The van der Waals surface area contributed by atoms with Crippen molar-refractivity contribution in [3.63, 3.8) is 0 Å². The summed E-state index contributed by atoms with van der Waals surface area (Å²) in [6.45, 7) is 5.01. The Morgan fingerprint density at radius 1 is 1.31 bits per heavy atom. The molecule has 1 aliphatic carbocycles. The number of amides is 2. The minimum Gasteiger partial charge on any atom is -0.396 e. The zero-order valence-corrected chi connectivity index (χ0v) is 14.8. The molecule has 2 atom stereocenters. The molecule has 26 heavy (non-hydrogen) atoms. The standard InChI is InChI=1S/C20H25FN2O3/c1-2-18(25)23-9-7-15(8-10-23)19(26)22-12-20(13-24)11-17(20)14-3-5-16(21)6-4-14/h2-6,15,17,24H,1,7-13H2,(H,22,26). The first-order valence-electron chi connectivity index (χ1n) is 9.04. The molecule has 0 aromatic heterocycles. The van der Waals surface area contributed by atoms with Crippen molar-refractivity contribution in [1.82, 2.24) is 10.2 Å². The molecule has 2 unspecified atom stereocenters. The third kappa shape index (κ3) is 3.80. The van der Waals surface area contributed by atoms with Crippen LogP contribution in [0.1, 0.15) is 30.7 Å². The number of nitrogens with zero attached hydrogens (tertiary/aromatic N) is 1. The summed E-state index contributed by atoms with van der Waals surface area (Å²) in [5.41, 5.74) is 0.637. The molecular formula is C20H25FN2O3. The van der Waals surface area contributed by atoms with Gasteiger partial charge in [0.25, 0.3) is 0 Å². The fourth-order valence-electron chi connectivity index (χ4n) is 3.84. The second kappa shape index (κ2) is 7.58. The molecule has 2 fully saturated rings. The molecule has 2 N–H and O–H groups in total. The van der Waals surface area contributed by atoms with Crippen molar-refractivity contribution in [3.05, 3.63) is 48.3 Å². The first kappa shape index (κ1) is 18.6. The number of hydrogen-bond acceptors (Lipinski definition) is 3. The van der Waals surface area contributed by atoms with Crippen molar-refractivity contribution >= 4 is 11.8 Å². The largest absolute Gasteiger partial charge is 0.396 e. The second-order valence-electron chi connectivity index (χ2n) is 7.35. The lowest BCUT2D eigenvalue weighted by atomic mass is 9.94. The summed E-state index contributed by atoms with van der Waals surface area (Å²) in [6.07, 6.45) is 3.35. The summed E-state index contributed by atoms with van der Waals surface area (Å²) < 4.78 is 13.1. The van der Waals surface area contributed by atoms with E-state index in [2.05, 4.69) is 11.9 Å². The summed E-state index contributed by atoms with van der Waals surface area (Å²) in [5, 5.41) is 12.8. The molecule has 3 rings (SSSR count). The number of piperidine rings is 1. The Labute approximate surface area is 152 Å². The molecule has 2 aliphatic rings. The van der Waals surface area contributed by atoms with E-state index in [1.165, 1.54) is 18.2 Å². The molecule has 2 amide bonds. The van der Waals surface area contributed by atoms with Crippen LogP contribution in [-0.4, -0.2) is 48.1 Å². The fourth-order valence-corrected chi connectivity index (χ4v) is 3.84. The van der Waals surface area contributed by atoms with E-state index < -0.39 is 0 Å². The van der Waals surface area contributed by atoms with Gasteiger partial charge in [-0.2, -0.15) is 0 Å². The zero-order chi connectivity index (χ0) is 18.7. The molecule has 1 aliphatic heterocycles. The maximum Gasteiger partial charge on any atom is 0.245 e. The van der Waals surface area contributed by atoms with Gasteiger partial charge in [-0.15, -0.1) is 0 Å². The first-order chi connectivity index (χ1) is 12.5. The Morgan fingerprint density at radius 2 is 1.96 bits per heavy atom. The highest BCUT2D eigenvalue weighted by atomic mass is 19.1. The zero-order valence-electron chi connectivity index (χ0n) is 14.8. The van der Waals surface area contributed by atoms with Gasteiger partial charge < -0.3 is 15.3 Å². The van der Waals surface area contributed by atoms with Gasteiger partial charge >= 0.3 is 0 Å². The number of hydrogen-bond donors (Lipinski definition) is 2. The van der Waals surface area contributed by atoms with E-state index in [1.54, 1.807) is 17.0 Å². The van der Waals surface area contributed by atoms with Gasteiger partial charge in [0.2, 0.25) is 11.8 Å². The van der Waals surface area contributed by atoms with Crippen LogP contribution in [-0.2, 0) is 9.59 Å². The Bertz CT molecular complexity index is 683. The number of benzene rings is 1. The van der Waals surface area contributed by atoms with E-state index >= 15 is 0 Å². The smallest absolute Gasteiger partial charge is 0.245 e. The van der Waals surface area contributed by atoms with Gasteiger partial charge in [0.15, 0.2) is 0 Å². The van der Waals surface area contributed by atoms with Crippen LogP contribution in [0, 0.1) is 17.2 Å². The van der Waals surface area contributed by atoms with Gasteiger partial charge in [-0.3, -0.25) is 9.59 Å². The summed E-state index contributed by atoms with van der Waals surface area (Å²) >= 11 is 0. The van der Waals surface area contributed by atoms with Crippen LogP contribution in [0.4, 0.5) is 4.39 Å². The Hall–Kier alpha value is -2.21. The van der Waals surface area contributed by atoms with Crippen LogP contribution in [0.25, 0.3) is 0 Å². The van der Waals surface area contributed by atoms with E-state index in [1.807, 2.05) is 0 Å². The van der Waals surface area contributed by atoms with Crippen LogP contribution < -0.4 is 5.32 Å². The SMILES string of the molecule is C=CC(=O)N1CCC(C(=O)NCC2(CO)CC2c2ccc(F)cc2)CC1. The molecule has 1 aromatic carbocycles. The number of nitrogens with one attached hydrogen (secondary N) is 1. The van der Waals surface area contributed by atoms with Crippen molar-refractivity contribution in [2.75, 3.05) is 26.2 Å². The quantitative estimate of drug-likeness (QED) is 0.761. The highest BCUT2D eigenvalue weighted by Gasteiger charge is 2.54. The number of aliphatic hydroxyl groups is 1. The Balaban J connectivity index is 1.50. The van der Waals surface area contributed by atoms with Gasteiger partial charge in [-0.05, 0) is 49.0 Å². The van der Waals surface area contributed by atoms with Crippen molar-refractivity contribution in [3.8, 4) is 0 Å². The van der Waals surface area contributed by atoms with E-state index in [0.29, 0.717) is 32.5 Å². The average molecular weight is 360 g/mol. The lowest BCUT2D eigenvalue weighted by molar-refractivity contribution is -0.132. The Kier molecular flexibility index (Phi) is 5.41. The normalized spacial score (nSPS) is 25.6. The number of rotatable bonds is 6. The van der Waals surface area contributed by atoms with Crippen molar-refractivity contribution < 1.29 is 19.1 Å². The van der Waals surface area contributed by atoms with Crippen LogP contribution in [0.3, 0.4) is 0 Å². The maximum absolute atomic E-state index is 13.1. The molecule has 1 heterocycles. The summed E-state index contributed by atoms with van der Waals surface area (Å²) in [6, 6.07) is 6.33. The predicted molar refractivity (Wildman–Crippen MR) is 95.8 cm³/mol. The topological polar surface area (TPSA) is 69.6 Å². The first-order valence-corrected chi connectivity index (χ1v) is 9.04. The minimum atomic E-state index is -0.354. The number of halogens is 1. The highest BCUT2D eigenvalue weighted by Crippen LogP contribution is 2.58. The molecule has 0 radical (unpaired) electrons. The summed E-state index contributed by atoms with van der Waals surface area (Å²) in [4.78, 5) is 25.8. The predicted octanol–water partition coefficient (Wildman–Crippen LogP) is 1.83. The molecule has 140 valence electrons. The van der Waals surface area contributed by atoms with Gasteiger partial charge in [0.1, 0.15) is 5.82 Å². The van der Waals surface area contributed by atoms with E-state index in [-0.39, 0.29) is 41.5 Å². The number of carbonyl (C=O) groups is 2. The second-order valence-corrected chi connectivity index (χ2v) is 7.35. The summed E-state index contributed by atoms with van der Waals surface area (Å²) in [5.74, 6) is -0.363. The van der Waals surface area contributed by atoms with Crippen molar-refractivity contribution in [2.45, 2.75) is 25.2 Å². The lowest BCUT2D eigenvalue weighted by Gasteiger charge is -2.31. The fraction of sp³-hybridized carbons (Fsp3) is 0.500. The Morgan fingerprint density at radius 3 is 2.54 bits per heavy atom. The van der Waals surface area contributed by atoms with Gasteiger partial charge in [-0.1, -0.05) is 18.7 Å². The van der Waals surface area contributed by atoms with Gasteiger partial charge in [-0.25, -0.2) is 4.39 Å². The number of carbonyl (C=O) groups excluding carboxylic acids is 2. The third-order valence-electron chi connectivity index (χ3n) is 5.74. The molecular weight excluding hydrogens is 335 g/mol. The van der Waals surface area contributed by atoms with Crippen molar-refractivity contribution in [1.29, 1.82) is 0 Å². The highest BCUT2D eigenvalue weighted by molar-refractivity contribution is 5.87. The van der Waals surface area contributed by atoms with Crippen LogP contribution in [0.5, 0.6) is 0 Å². The number of aliphatic hydroxyl groups excluding tert-OH is 1. The van der Waals surface area contributed by atoms with Crippen molar-refractivity contribution in [2.24, 2.45) is 11.3 Å². The number of likely N-dealkylation sites (tertiary alicyclic amines) is 1. The monoisotopic (exact) mass is 360 g/mol. The van der Waals surface area contributed by atoms with Crippen LogP contribution in [0.2, 0.25) is 0 Å². The molecule has 0 bridgehead atoms. The van der Waals surface area contributed by atoms with E-state index in [9.17, 15) is 19.1 Å². The molecule has 5 nitrogen and oxygen atoms in total. The molecule has 1 aromatic rings. The average Bonchev–Trinajstić information content (AvgIpc) is 3.41.